The van der Waals surface area contributed by atoms with Crippen molar-refractivity contribution in [2.24, 2.45) is 34.0 Å². The fourth-order valence-electron chi connectivity index (χ4n) is 7.21. The van der Waals surface area contributed by atoms with Gasteiger partial charge in [-0.1, -0.05) is 24.1 Å². The van der Waals surface area contributed by atoms with Crippen LogP contribution in [-0.4, -0.2) is 29.6 Å². The van der Waals surface area contributed by atoms with Crippen LogP contribution in [0.4, 0.5) is 0 Å². The largest absolute Gasteiger partial charge is 0.462 e. The summed E-state index contributed by atoms with van der Waals surface area (Å²) in [5, 5.41) is 10.5. The normalized spacial score (nSPS) is 39.3. The van der Waals surface area contributed by atoms with Gasteiger partial charge in [-0.2, -0.15) is 0 Å². The molecule has 2 fully saturated rings. The van der Waals surface area contributed by atoms with Crippen LogP contribution in [0.2, 0.25) is 0 Å². The second-order valence-electron chi connectivity index (χ2n) is 11.6. The molecule has 0 saturated heterocycles. The van der Waals surface area contributed by atoms with E-state index in [1.807, 2.05) is 26.8 Å². The van der Waals surface area contributed by atoms with E-state index in [9.17, 15) is 14.7 Å². The number of fused-ring (bicyclic) bond motifs is 5. The number of esters is 1. The Morgan fingerprint density at radius 2 is 1.97 bits per heavy atom. The molecule has 0 bridgehead atoms. The molecule has 30 heavy (non-hydrogen) atoms. The van der Waals surface area contributed by atoms with Crippen molar-refractivity contribution in [2.75, 3.05) is 6.61 Å². The van der Waals surface area contributed by atoms with Gasteiger partial charge >= 0.3 is 5.97 Å². The summed E-state index contributed by atoms with van der Waals surface area (Å²) in [4.78, 5) is 24.5. The molecular weight excluding hydrogens is 376 g/mol. The topological polar surface area (TPSA) is 63.6 Å². The summed E-state index contributed by atoms with van der Waals surface area (Å²) in [5.74, 6) is 1.29. The molecule has 4 heteroatoms. The molecule has 0 aliphatic heterocycles. The maximum Gasteiger partial charge on any atom is 0.311 e. The van der Waals surface area contributed by atoms with E-state index >= 15 is 0 Å². The average molecular weight is 415 g/mol. The zero-order chi connectivity index (χ0) is 21.9. The molecule has 2 saturated carbocycles. The summed E-state index contributed by atoms with van der Waals surface area (Å²) in [6.45, 7) is 10.3. The summed E-state index contributed by atoms with van der Waals surface area (Å²) < 4.78 is 5.94. The number of allylic oxidation sites excluding steroid dienone is 3. The number of hydrogen-bond donors (Lipinski definition) is 1. The summed E-state index contributed by atoms with van der Waals surface area (Å²) in [6.07, 6.45) is 10.6. The van der Waals surface area contributed by atoms with Gasteiger partial charge in [-0.3, -0.25) is 9.59 Å². The van der Waals surface area contributed by atoms with E-state index in [2.05, 4.69) is 19.9 Å². The maximum atomic E-state index is 12.5. The van der Waals surface area contributed by atoms with Gasteiger partial charge in [0, 0.05) is 17.8 Å². The lowest BCUT2D eigenvalue weighted by molar-refractivity contribution is -0.163. The molecule has 4 aliphatic carbocycles. The quantitative estimate of drug-likeness (QED) is 0.521. The minimum atomic E-state index is -0.481. The van der Waals surface area contributed by atoms with Crippen molar-refractivity contribution in [1.29, 1.82) is 0 Å². The molecule has 0 aromatic rings. The number of carbonyl (C=O) groups is 2. The van der Waals surface area contributed by atoms with E-state index in [1.54, 1.807) is 0 Å². The fraction of sp³-hybridized carbons (Fsp3) is 0.769. The molecule has 6 atom stereocenters. The van der Waals surface area contributed by atoms with Crippen LogP contribution in [0.15, 0.2) is 23.3 Å². The molecule has 0 heterocycles. The first-order chi connectivity index (χ1) is 14.0. The van der Waals surface area contributed by atoms with Crippen LogP contribution < -0.4 is 0 Å². The molecule has 1 unspecified atom stereocenters. The van der Waals surface area contributed by atoms with Crippen molar-refractivity contribution in [1.82, 2.24) is 0 Å². The maximum absolute atomic E-state index is 12.5. The van der Waals surface area contributed by atoms with Gasteiger partial charge in [0.1, 0.15) is 6.10 Å². The Labute approximate surface area is 181 Å². The van der Waals surface area contributed by atoms with E-state index in [4.69, 9.17) is 4.74 Å². The minimum absolute atomic E-state index is 0.0815. The van der Waals surface area contributed by atoms with E-state index in [1.165, 1.54) is 5.57 Å². The van der Waals surface area contributed by atoms with Gasteiger partial charge in [0.25, 0.3) is 0 Å². The van der Waals surface area contributed by atoms with Crippen molar-refractivity contribution in [3.8, 4) is 0 Å². The fourth-order valence-corrected chi connectivity index (χ4v) is 7.21. The number of ketones is 1. The van der Waals surface area contributed by atoms with E-state index in [0.717, 1.165) is 44.1 Å². The van der Waals surface area contributed by atoms with Crippen molar-refractivity contribution >= 4 is 11.8 Å². The molecule has 4 rings (SSSR count). The van der Waals surface area contributed by atoms with Gasteiger partial charge in [-0.05, 0) is 89.5 Å². The highest BCUT2D eigenvalue weighted by atomic mass is 16.5. The van der Waals surface area contributed by atoms with Crippen LogP contribution in [0.5, 0.6) is 0 Å². The average Bonchev–Trinajstić information content (AvgIpc) is 3.04. The van der Waals surface area contributed by atoms with Gasteiger partial charge in [-0.25, -0.2) is 0 Å². The van der Waals surface area contributed by atoms with Gasteiger partial charge in [0.05, 0.1) is 12.0 Å². The van der Waals surface area contributed by atoms with Crippen LogP contribution in [0.1, 0.15) is 79.6 Å². The highest BCUT2D eigenvalue weighted by Gasteiger charge is 2.58. The predicted molar refractivity (Wildman–Crippen MR) is 117 cm³/mol. The first kappa shape index (κ1) is 21.8. The lowest BCUT2D eigenvalue weighted by Crippen LogP contribution is -2.49. The second-order valence-corrected chi connectivity index (χ2v) is 11.6. The zero-order valence-electron chi connectivity index (χ0n) is 19.3. The van der Waals surface area contributed by atoms with Crippen LogP contribution in [0.25, 0.3) is 0 Å². The van der Waals surface area contributed by atoms with Gasteiger partial charge in [0.15, 0.2) is 5.78 Å². The Hall–Kier alpha value is -1.42. The Morgan fingerprint density at radius 1 is 1.23 bits per heavy atom. The van der Waals surface area contributed by atoms with Crippen LogP contribution in [0, 0.1) is 34.0 Å². The number of hydrogen-bond acceptors (Lipinski definition) is 4. The third-order valence-electron chi connectivity index (χ3n) is 8.96. The molecule has 1 N–H and O–H groups in total. The Balaban J connectivity index is 1.60. The number of carbonyl (C=O) groups excluding carboxylic acids is 2. The molecule has 0 aromatic carbocycles. The van der Waals surface area contributed by atoms with Gasteiger partial charge in [-0.15, -0.1) is 0 Å². The standard InChI is InChI=1S/C26H38O4/c1-16(30-23(29)24(2,3)4)20-8-9-21-19-7-6-17-14-18(28)10-13-26(17,15-27)22(19)11-12-25(20,21)5/h7,14,16,20-22,27H,6,8-13,15H2,1-5H3/t16?,20-,21+,22+,25-,26-/m1/s1. The van der Waals surface area contributed by atoms with E-state index < -0.39 is 5.41 Å². The van der Waals surface area contributed by atoms with Crippen LogP contribution in [0.3, 0.4) is 0 Å². The number of aliphatic hydroxyl groups is 1. The molecule has 0 spiro atoms. The van der Waals surface area contributed by atoms with E-state index in [0.29, 0.717) is 24.2 Å². The lowest BCUT2D eigenvalue weighted by atomic mass is 9.50. The molecule has 0 aromatic heterocycles. The molecule has 4 nitrogen and oxygen atoms in total. The third-order valence-corrected chi connectivity index (χ3v) is 8.96. The number of aliphatic hydroxyl groups excluding tert-OH is 1. The highest BCUT2D eigenvalue weighted by Crippen LogP contribution is 2.65. The number of rotatable bonds is 3. The van der Waals surface area contributed by atoms with Crippen molar-refractivity contribution in [3.05, 3.63) is 23.3 Å². The molecule has 4 aliphatic rings. The second kappa shape index (κ2) is 7.32. The van der Waals surface area contributed by atoms with Crippen molar-refractivity contribution < 1.29 is 19.4 Å². The third kappa shape index (κ3) is 3.21. The molecule has 166 valence electrons. The Kier molecular flexibility index (Phi) is 5.32. The number of ether oxygens (including phenoxy) is 1. The Morgan fingerprint density at radius 3 is 2.63 bits per heavy atom. The first-order valence-corrected chi connectivity index (χ1v) is 11.8. The molecule has 0 radical (unpaired) electrons. The smallest absolute Gasteiger partial charge is 0.311 e. The highest BCUT2D eigenvalue weighted by molar-refractivity contribution is 5.91. The van der Waals surface area contributed by atoms with Gasteiger partial charge < -0.3 is 9.84 Å². The summed E-state index contributed by atoms with van der Waals surface area (Å²) in [7, 11) is 0. The predicted octanol–water partition coefficient (Wildman–Crippen LogP) is 5.00. The first-order valence-electron chi connectivity index (χ1n) is 11.8. The minimum Gasteiger partial charge on any atom is -0.462 e. The summed E-state index contributed by atoms with van der Waals surface area (Å²) in [6, 6.07) is 0. The molecule has 0 amide bonds. The SMILES string of the molecule is CC(OC(=O)C(C)(C)C)[C@H]1CC[C@H]2C3=CCC4=CC(=O)CC[C@]4(CO)[C@H]3CC[C@]12C. The molecular formula is C26H38O4. The Bertz CT molecular complexity index is 800. The van der Waals surface area contributed by atoms with Crippen LogP contribution in [-0.2, 0) is 14.3 Å². The van der Waals surface area contributed by atoms with E-state index in [-0.39, 0.29) is 35.3 Å². The summed E-state index contributed by atoms with van der Waals surface area (Å²) >= 11 is 0. The van der Waals surface area contributed by atoms with Crippen LogP contribution >= 0.6 is 0 Å². The van der Waals surface area contributed by atoms with Crippen molar-refractivity contribution in [2.45, 2.75) is 85.7 Å². The zero-order valence-corrected chi connectivity index (χ0v) is 19.3. The summed E-state index contributed by atoms with van der Waals surface area (Å²) in [5.41, 5.74) is 2.08. The monoisotopic (exact) mass is 414 g/mol. The van der Waals surface area contributed by atoms with Gasteiger partial charge in [0.2, 0.25) is 0 Å². The van der Waals surface area contributed by atoms with Crippen molar-refractivity contribution in [3.63, 3.8) is 0 Å². The lowest BCUT2D eigenvalue weighted by Gasteiger charge is -2.55.